The molecule has 0 bridgehead atoms. The van der Waals surface area contributed by atoms with Crippen LogP contribution in [0.5, 0.6) is 0 Å². The van der Waals surface area contributed by atoms with Gasteiger partial charge in [-0.15, -0.1) is 0 Å². The minimum atomic E-state index is -0.281. The van der Waals surface area contributed by atoms with E-state index in [0.29, 0.717) is 6.61 Å². The van der Waals surface area contributed by atoms with Crippen LogP contribution in [-0.2, 0) is 16.1 Å². The quantitative estimate of drug-likeness (QED) is 0.682. The van der Waals surface area contributed by atoms with Gasteiger partial charge in [0, 0.05) is 6.08 Å². The average Bonchev–Trinajstić information content (AvgIpc) is 2.56. The standard InChI is InChI=1S/C13H16O2.C7H8O/c1-4-15-13(14)9-11(3)12-7-5-6-10(2)8-12;8-6-7-4-2-1-3-5-7/h5-9H,4H2,1-3H3;1-5,8H,6H2/b11-9+;. The molecule has 0 aliphatic rings. The topological polar surface area (TPSA) is 46.5 Å². The van der Waals surface area contributed by atoms with E-state index in [-0.39, 0.29) is 12.6 Å². The first-order valence-electron chi connectivity index (χ1n) is 7.63. The molecular formula is C20H24O3. The first-order chi connectivity index (χ1) is 11.1. The number of rotatable bonds is 4. The third-order valence-corrected chi connectivity index (χ3v) is 3.12. The first-order valence-corrected chi connectivity index (χ1v) is 7.63. The second-order valence-corrected chi connectivity index (χ2v) is 5.09. The Balaban J connectivity index is 0.000000277. The summed E-state index contributed by atoms with van der Waals surface area (Å²) in [4.78, 5) is 11.2. The van der Waals surface area contributed by atoms with E-state index in [0.717, 1.165) is 16.7 Å². The van der Waals surface area contributed by atoms with Crippen molar-refractivity contribution in [3.8, 4) is 0 Å². The van der Waals surface area contributed by atoms with Crippen LogP contribution in [0.25, 0.3) is 5.57 Å². The Kier molecular flexibility index (Phi) is 8.40. The number of hydrogen-bond acceptors (Lipinski definition) is 3. The molecule has 0 radical (unpaired) electrons. The Labute approximate surface area is 138 Å². The van der Waals surface area contributed by atoms with Gasteiger partial charge in [0.15, 0.2) is 0 Å². The smallest absolute Gasteiger partial charge is 0.331 e. The van der Waals surface area contributed by atoms with E-state index in [1.807, 2.05) is 68.4 Å². The fourth-order valence-electron chi connectivity index (χ4n) is 1.92. The van der Waals surface area contributed by atoms with Crippen molar-refractivity contribution in [3.05, 3.63) is 77.4 Å². The Hall–Kier alpha value is -2.39. The van der Waals surface area contributed by atoms with Crippen LogP contribution in [0.4, 0.5) is 0 Å². The molecule has 0 aromatic heterocycles. The monoisotopic (exact) mass is 312 g/mol. The van der Waals surface area contributed by atoms with Crippen LogP contribution in [0.2, 0.25) is 0 Å². The molecule has 122 valence electrons. The minimum absolute atomic E-state index is 0.140. The normalized spacial score (nSPS) is 10.5. The molecule has 0 amide bonds. The number of allylic oxidation sites excluding steroid dienone is 1. The van der Waals surface area contributed by atoms with Crippen LogP contribution in [-0.4, -0.2) is 17.7 Å². The lowest BCUT2D eigenvalue weighted by atomic mass is 10.1. The molecule has 1 N–H and O–H groups in total. The van der Waals surface area contributed by atoms with Gasteiger partial charge in [-0.1, -0.05) is 60.2 Å². The van der Waals surface area contributed by atoms with Gasteiger partial charge in [-0.25, -0.2) is 4.79 Å². The van der Waals surface area contributed by atoms with Crippen molar-refractivity contribution in [2.75, 3.05) is 6.61 Å². The number of carbonyl (C=O) groups is 1. The number of hydrogen-bond donors (Lipinski definition) is 1. The third kappa shape index (κ3) is 7.43. The molecule has 0 saturated heterocycles. The van der Waals surface area contributed by atoms with Crippen LogP contribution in [0, 0.1) is 6.92 Å². The highest BCUT2D eigenvalue weighted by atomic mass is 16.5. The Morgan fingerprint density at radius 3 is 2.35 bits per heavy atom. The summed E-state index contributed by atoms with van der Waals surface area (Å²) in [6, 6.07) is 17.6. The van der Waals surface area contributed by atoms with Gasteiger partial charge < -0.3 is 9.84 Å². The summed E-state index contributed by atoms with van der Waals surface area (Å²) < 4.78 is 4.85. The second kappa shape index (κ2) is 10.4. The number of aryl methyl sites for hydroxylation is 1. The van der Waals surface area contributed by atoms with Crippen LogP contribution in [0.3, 0.4) is 0 Å². The number of benzene rings is 2. The number of aliphatic hydroxyl groups is 1. The van der Waals surface area contributed by atoms with Crippen LogP contribution < -0.4 is 0 Å². The lowest BCUT2D eigenvalue weighted by Gasteiger charge is -2.02. The van der Waals surface area contributed by atoms with Crippen molar-refractivity contribution in [3.63, 3.8) is 0 Å². The summed E-state index contributed by atoms with van der Waals surface area (Å²) in [5.74, 6) is -0.281. The summed E-state index contributed by atoms with van der Waals surface area (Å²) in [5.41, 5.74) is 4.14. The molecule has 2 rings (SSSR count). The van der Waals surface area contributed by atoms with Gasteiger partial charge in [-0.2, -0.15) is 0 Å². The molecule has 3 nitrogen and oxygen atoms in total. The molecule has 0 unspecified atom stereocenters. The van der Waals surface area contributed by atoms with Crippen molar-refractivity contribution < 1.29 is 14.6 Å². The van der Waals surface area contributed by atoms with Gasteiger partial charge in [0.05, 0.1) is 13.2 Å². The van der Waals surface area contributed by atoms with Gasteiger partial charge in [0.1, 0.15) is 0 Å². The summed E-state index contributed by atoms with van der Waals surface area (Å²) >= 11 is 0. The van der Waals surface area contributed by atoms with Gasteiger partial charge in [-0.3, -0.25) is 0 Å². The highest BCUT2D eigenvalue weighted by molar-refractivity contribution is 5.90. The molecule has 0 atom stereocenters. The molecule has 0 spiro atoms. The summed E-state index contributed by atoms with van der Waals surface area (Å²) in [6.45, 7) is 6.29. The highest BCUT2D eigenvalue weighted by Crippen LogP contribution is 2.14. The van der Waals surface area contributed by atoms with E-state index >= 15 is 0 Å². The van der Waals surface area contributed by atoms with E-state index in [1.54, 1.807) is 6.92 Å². The summed E-state index contributed by atoms with van der Waals surface area (Å²) in [5, 5.41) is 8.54. The maximum Gasteiger partial charge on any atom is 0.331 e. The number of carbonyl (C=O) groups excluding carboxylic acids is 1. The van der Waals surface area contributed by atoms with Crippen molar-refractivity contribution in [1.82, 2.24) is 0 Å². The second-order valence-electron chi connectivity index (χ2n) is 5.09. The summed E-state index contributed by atoms with van der Waals surface area (Å²) in [6.07, 6.45) is 1.53. The van der Waals surface area contributed by atoms with Crippen LogP contribution >= 0.6 is 0 Å². The number of ether oxygens (including phenoxy) is 1. The van der Waals surface area contributed by atoms with Crippen molar-refractivity contribution in [2.24, 2.45) is 0 Å². The zero-order valence-electron chi connectivity index (χ0n) is 14.0. The Morgan fingerprint density at radius 1 is 1.13 bits per heavy atom. The molecule has 3 heteroatoms. The average molecular weight is 312 g/mol. The maximum absolute atomic E-state index is 11.2. The van der Waals surface area contributed by atoms with E-state index in [9.17, 15) is 4.79 Å². The van der Waals surface area contributed by atoms with Crippen LogP contribution in [0.1, 0.15) is 30.5 Å². The highest BCUT2D eigenvalue weighted by Gasteiger charge is 2.00. The Bertz CT molecular complexity index is 630. The van der Waals surface area contributed by atoms with Crippen molar-refractivity contribution in [2.45, 2.75) is 27.4 Å². The van der Waals surface area contributed by atoms with Gasteiger partial charge in [-0.05, 0) is 37.5 Å². The maximum atomic E-state index is 11.2. The SMILES string of the molecule is CCOC(=O)/C=C(\C)c1cccc(C)c1.OCc1ccccc1. The zero-order chi connectivity index (χ0) is 17.1. The molecule has 0 aliphatic carbocycles. The van der Waals surface area contributed by atoms with Gasteiger partial charge in [0.25, 0.3) is 0 Å². The van der Waals surface area contributed by atoms with Crippen molar-refractivity contribution in [1.29, 1.82) is 0 Å². The zero-order valence-corrected chi connectivity index (χ0v) is 14.0. The van der Waals surface area contributed by atoms with Crippen molar-refractivity contribution >= 4 is 11.5 Å². The largest absolute Gasteiger partial charge is 0.463 e. The third-order valence-electron chi connectivity index (χ3n) is 3.12. The Morgan fingerprint density at radius 2 is 1.83 bits per heavy atom. The molecule has 23 heavy (non-hydrogen) atoms. The van der Waals surface area contributed by atoms with Gasteiger partial charge in [0.2, 0.25) is 0 Å². The lowest BCUT2D eigenvalue weighted by Crippen LogP contribution is -2.00. The first kappa shape index (κ1) is 18.7. The number of aliphatic hydroxyl groups excluding tert-OH is 1. The number of esters is 1. The van der Waals surface area contributed by atoms with Gasteiger partial charge >= 0.3 is 5.97 Å². The fraction of sp³-hybridized carbons (Fsp3) is 0.250. The van der Waals surface area contributed by atoms with E-state index in [1.165, 1.54) is 11.6 Å². The minimum Gasteiger partial charge on any atom is -0.463 e. The van der Waals surface area contributed by atoms with E-state index in [2.05, 4.69) is 0 Å². The fourth-order valence-corrected chi connectivity index (χ4v) is 1.92. The molecule has 0 saturated carbocycles. The molecule has 2 aromatic rings. The summed E-state index contributed by atoms with van der Waals surface area (Å²) in [7, 11) is 0. The molecule has 0 heterocycles. The lowest BCUT2D eigenvalue weighted by molar-refractivity contribution is -0.137. The van der Waals surface area contributed by atoms with E-state index < -0.39 is 0 Å². The molecule has 0 aliphatic heterocycles. The predicted molar refractivity (Wildman–Crippen MR) is 93.8 cm³/mol. The van der Waals surface area contributed by atoms with E-state index in [4.69, 9.17) is 9.84 Å². The van der Waals surface area contributed by atoms with Crippen LogP contribution in [0.15, 0.2) is 60.7 Å². The molecule has 0 fully saturated rings. The molecular weight excluding hydrogens is 288 g/mol. The molecule has 2 aromatic carbocycles. The predicted octanol–water partition coefficient (Wildman–Crippen LogP) is 4.14.